The van der Waals surface area contributed by atoms with E-state index < -0.39 is 5.97 Å². The summed E-state index contributed by atoms with van der Waals surface area (Å²) in [6.45, 7) is 6.79. The van der Waals surface area contributed by atoms with Crippen molar-refractivity contribution in [1.82, 2.24) is 0 Å². The minimum atomic E-state index is -0.881. The molecule has 3 nitrogen and oxygen atoms in total. The molecule has 0 amide bonds. The van der Waals surface area contributed by atoms with E-state index in [0.717, 1.165) is 24.3 Å². The Morgan fingerprint density at radius 1 is 1.24 bits per heavy atom. The van der Waals surface area contributed by atoms with Crippen molar-refractivity contribution in [2.45, 2.75) is 59.3 Å². The highest BCUT2D eigenvalue weighted by atomic mass is 16.5. The minimum absolute atomic E-state index is 0.335. The maximum Gasteiger partial charge on any atom is 0.335 e. The van der Waals surface area contributed by atoms with E-state index in [0.29, 0.717) is 11.5 Å². The van der Waals surface area contributed by atoms with Gasteiger partial charge in [-0.15, -0.1) is 0 Å². The van der Waals surface area contributed by atoms with E-state index in [1.165, 1.54) is 32.1 Å². The van der Waals surface area contributed by atoms with E-state index in [4.69, 9.17) is 9.84 Å². The smallest absolute Gasteiger partial charge is 0.335 e. The molecule has 3 heteroatoms. The SMILES string of the molecule is CC.CCc1cc(C(=O)O)ccc1OCC1CCCCC1. The lowest BCUT2D eigenvalue weighted by molar-refractivity contribution is 0.0696. The maximum atomic E-state index is 10.9. The van der Waals surface area contributed by atoms with Crippen molar-refractivity contribution >= 4 is 5.97 Å². The number of benzene rings is 1. The molecule has 21 heavy (non-hydrogen) atoms. The van der Waals surface area contributed by atoms with Crippen molar-refractivity contribution in [2.75, 3.05) is 6.61 Å². The molecule has 1 aliphatic carbocycles. The Bertz CT molecular complexity index is 434. The number of carboxylic acid groups (broad SMARTS) is 1. The predicted octanol–water partition coefficient (Wildman–Crippen LogP) is 4.93. The van der Waals surface area contributed by atoms with Crippen LogP contribution in [0.1, 0.15) is 68.8 Å². The fraction of sp³-hybridized carbons (Fsp3) is 0.611. The Hall–Kier alpha value is -1.51. The standard InChI is InChI=1S/C16H22O3.C2H6/c1-2-13-10-14(16(17)18)8-9-15(13)19-11-12-6-4-3-5-7-12;1-2/h8-10,12H,2-7,11H2,1H3,(H,17,18);1-2H3. The van der Waals surface area contributed by atoms with Crippen LogP contribution in [0.2, 0.25) is 0 Å². The molecular weight excluding hydrogens is 264 g/mol. The lowest BCUT2D eigenvalue weighted by atomic mass is 9.90. The van der Waals surface area contributed by atoms with Gasteiger partial charge in [-0.1, -0.05) is 40.0 Å². The normalized spacial score (nSPS) is 15.0. The second-order valence-corrected chi connectivity index (χ2v) is 5.30. The van der Waals surface area contributed by atoms with Crippen LogP contribution in [-0.4, -0.2) is 17.7 Å². The fourth-order valence-corrected chi connectivity index (χ4v) is 2.69. The molecule has 0 saturated heterocycles. The van der Waals surface area contributed by atoms with Crippen molar-refractivity contribution in [3.05, 3.63) is 29.3 Å². The number of aryl methyl sites for hydroxylation is 1. The third-order valence-electron chi connectivity index (χ3n) is 3.89. The Morgan fingerprint density at radius 3 is 2.48 bits per heavy atom. The number of hydrogen-bond acceptors (Lipinski definition) is 2. The van der Waals surface area contributed by atoms with Crippen molar-refractivity contribution < 1.29 is 14.6 Å². The quantitative estimate of drug-likeness (QED) is 0.836. The van der Waals surface area contributed by atoms with Crippen LogP contribution in [0.5, 0.6) is 5.75 Å². The monoisotopic (exact) mass is 292 g/mol. The summed E-state index contributed by atoms with van der Waals surface area (Å²) < 4.78 is 5.91. The van der Waals surface area contributed by atoms with Gasteiger partial charge in [0.05, 0.1) is 12.2 Å². The number of ether oxygens (including phenoxy) is 1. The Kier molecular flexibility index (Phi) is 7.88. The van der Waals surface area contributed by atoms with Gasteiger partial charge < -0.3 is 9.84 Å². The fourth-order valence-electron chi connectivity index (χ4n) is 2.69. The number of carboxylic acids is 1. The topological polar surface area (TPSA) is 46.5 Å². The zero-order valence-corrected chi connectivity index (χ0v) is 13.5. The molecule has 1 N–H and O–H groups in total. The zero-order chi connectivity index (χ0) is 15.7. The maximum absolute atomic E-state index is 10.9. The predicted molar refractivity (Wildman–Crippen MR) is 86.2 cm³/mol. The van der Waals surface area contributed by atoms with Gasteiger partial charge in [-0.25, -0.2) is 4.79 Å². The van der Waals surface area contributed by atoms with Gasteiger partial charge in [-0.05, 0) is 48.9 Å². The average Bonchev–Trinajstić information content (AvgIpc) is 2.55. The van der Waals surface area contributed by atoms with Gasteiger partial charge in [0, 0.05) is 0 Å². The second-order valence-electron chi connectivity index (χ2n) is 5.30. The molecule has 1 aromatic carbocycles. The minimum Gasteiger partial charge on any atom is -0.493 e. The Balaban J connectivity index is 0.00000106. The molecule has 0 bridgehead atoms. The molecular formula is C18H28O3. The van der Waals surface area contributed by atoms with Crippen molar-refractivity contribution in [1.29, 1.82) is 0 Å². The van der Waals surface area contributed by atoms with Crippen molar-refractivity contribution in [3.63, 3.8) is 0 Å². The summed E-state index contributed by atoms with van der Waals surface area (Å²) >= 11 is 0. The molecule has 1 aliphatic rings. The van der Waals surface area contributed by atoms with Crippen molar-refractivity contribution in [3.8, 4) is 5.75 Å². The van der Waals surface area contributed by atoms with Gasteiger partial charge in [-0.3, -0.25) is 0 Å². The lowest BCUT2D eigenvalue weighted by Crippen LogP contribution is -2.15. The summed E-state index contributed by atoms with van der Waals surface area (Å²) in [6, 6.07) is 5.14. The third kappa shape index (κ3) is 5.41. The van der Waals surface area contributed by atoms with Crippen LogP contribution in [0, 0.1) is 5.92 Å². The average molecular weight is 292 g/mol. The number of carbonyl (C=O) groups is 1. The van der Waals surface area contributed by atoms with Gasteiger partial charge in [0.1, 0.15) is 5.75 Å². The first-order valence-corrected chi connectivity index (χ1v) is 8.19. The summed E-state index contributed by atoms with van der Waals surface area (Å²) in [5.74, 6) is 0.629. The van der Waals surface area contributed by atoms with Crippen LogP contribution in [0.3, 0.4) is 0 Å². The molecule has 0 aliphatic heterocycles. The van der Waals surface area contributed by atoms with E-state index in [1.807, 2.05) is 20.8 Å². The first kappa shape index (κ1) is 17.5. The van der Waals surface area contributed by atoms with Crippen LogP contribution in [-0.2, 0) is 6.42 Å². The van der Waals surface area contributed by atoms with E-state index in [1.54, 1.807) is 18.2 Å². The van der Waals surface area contributed by atoms with Crippen LogP contribution >= 0.6 is 0 Å². The van der Waals surface area contributed by atoms with E-state index in [-0.39, 0.29) is 0 Å². The third-order valence-corrected chi connectivity index (χ3v) is 3.89. The van der Waals surface area contributed by atoms with Crippen LogP contribution < -0.4 is 4.74 Å². The molecule has 0 unspecified atom stereocenters. The highest BCUT2D eigenvalue weighted by molar-refractivity contribution is 5.88. The van der Waals surface area contributed by atoms with Crippen LogP contribution in [0.15, 0.2) is 18.2 Å². The summed E-state index contributed by atoms with van der Waals surface area (Å²) in [5.41, 5.74) is 1.32. The zero-order valence-electron chi connectivity index (χ0n) is 13.5. The van der Waals surface area contributed by atoms with Gasteiger partial charge in [-0.2, -0.15) is 0 Å². The molecule has 0 atom stereocenters. The summed E-state index contributed by atoms with van der Waals surface area (Å²) in [4.78, 5) is 10.9. The van der Waals surface area contributed by atoms with E-state index >= 15 is 0 Å². The van der Waals surface area contributed by atoms with Gasteiger partial charge in [0.15, 0.2) is 0 Å². The number of rotatable bonds is 5. The molecule has 0 aromatic heterocycles. The van der Waals surface area contributed by atoms with E-state index in [9.17, 15) is 4.79 Å². The van der Waals surface area contributed by atoms with Gasteiger partial charge in [0.2, 0.25) is 0 Å². The molecule has 118 valence electrons. The molecule has 0 radical (unpaired) electrons. The Morgan fingerprint density at radius 2 is 1.90 bits per heavy atom. The Labute approximate surface area is 128 Å². The molecule has 0 spiro atoms. The molecule has 1 saturated carbocycles. The van der Waals surface area contributed by atoms with Gasteiger partial charge in [0.25, 0.3) is 0 Å². The highest BCUT2D eigenvalue weighted by Gasteiger charge is 2.15. The molecule has 1 aromatic rings. The first-order chi connectivity index (χ1) is 10.2. The van der Waals surface area contributed by atoms with Gasteiger partial charge >= 0.3 is 5.97 Å². The largest absolute Gasteiger partial charge is 0.493 e. The second kappa shape index (κ2) is 9.43. The summed E-state index contributed by atoms with van der Waals surface area (Å²) in [5, 5.41) is 8.99. The molecule has 1 fully saturated rings. The highest BCUT2D eigenvalue weighted by Crippen LogP contribution is 2.26. The van der Waals surface area contributed by atoms with Crippen molar-refractivity contribution in [2.24, 2.45) is 5.92 Å². The number of hydrogen-bond donors (Lipinski definition) is 1. The first-order valence-electron chi connectivity index (χ1n) is 8.19. The van der Waals surface area contributed by atoms with Crippen LogP contribution in [0.4, 0.5) is 0 Å². The summed E-state index contributed by atoms with van der Waals surface area (Å²) in [7, 11) is 0. The van der Waals surface area contributed by atoms with Crippen LogP contribution in [0.25, 0.3) is 0 Å². The molecule has 0 heterocycles. The molecule has 2 rings (SSSR count). The lowest BCUT2D eigenvalue weighted by Gasteiger charge is -2.22. The number of aromatic carboxylic acids is 1. The summed E-state index contributed by atoms with van der Waals surface area (Å²) in [6.07, 6.45) is 7.29. The van der Waals surface area contributed by atoms with E-state index in [2.05, 4.69) is 0 Å².